The molecule has 1 unspecified atom stereocenters. The highest BCUT2D eigenvalue weighted by atomic mass is 16.2. The molecule has 1 amide bonds. The topological polar surface area (TPSA) is 37.4 Å². The number of benzene rings is 1. The van der Waals surface area contributed by atoms with Gasteiger partial charge < -0.3 is 4.90 Å². The van der Waals surface area contributed by atoms with E-state index in [-0.39, 0.29) is 11.7 Å². The quantitative estimate of drug-likeness (QED) is 0.704. The standard InChI is InChI=1S/C13H13NO2/c1-2-12(16)14-9-8-11(15)13(14)10-6-4-3-5-7-10/h2-7,13H,1,8-9H2. The van der Waals surface area contributed by atoms with Gasteiger partial charge in [0.25, 0.3) is 0 Å². The number of rotatable bonds is 2. The molecule has 1 aromatic carbocycles. The molecule has 1 aliphatic heterocycles. The first-order valence-corrected chi connectivity index (χ1v) is 5.24. The van der Waals surface area contributed by atoms with Crippen LogP contribution in [0, 0.1) is 0 Å². The van der Waals surface area contributed by atoms with Crippen molar-refractivity contribution in [2.45, 2.75) is 12.5 Å². The summed E-state index contributed by atoms with van der Waals surface area (Å²) < 4.78 is 0. The van der Waals surface area contributed by atoms with E-state index in [1.165, 1.54) is 6.08 Å². The summed E-state index contributed by atoms with van der Waals surface area (Å²) in [4.78, 5) is 25.0. The number of Topliss-reactive ketones (excluding diaryl/α,β-unsaturated/α-hetero) is 1. The van der Waals surface area contributed by atoms with Gasteiger partial charge in [0.2, 0.25) is 5.91 Å². The lowest BCUT2D eigenvalue weighted by atomic mass is 10.0. The maximum Gasteiger partial charge on any atom is 0.246 e. The first-order valence-electron chi connectivity index (χ1n) is 5.24. The highest BCUT2D eigenvalue weighted by Crippen LogP contribution is 2.28. The Hall–Kier alpha value is -1.90. The van der Waals surface area contributed by atoms with Gasteiger partial charge in [0.1, 0.15) is 6.04 Å². The minimum Gasteiger partial charge on any atom is -0.325 e. The molecule has 1 aliphatic rings. The van der Waals surface area contributed by atoms with Crippen LogP contribution in [0.2, 0.25) is 0 Å². The lowest BCUT2D eigenvalue weighted by molar-refractivity contribution is -0.130. The predicted molar refractivity (Wildman–Crippen MR) is 60.7 cm³/mol. The molecule has 1 aromatic rings. The maximum absolute atomic E-state index is 11.8. The van der Waals surface area contributed by atoms with Gasteiger partial charge in [0, 0.05) is 13.0 Å². The highest BCUT2D eigenvalue weighted by molar-refractivity contribution is 5.96. The molecule has 82 valence electrons. The lowest BCUT2D eigenvalue weighted by Crippen LogP contribution is -2.30. The van der Waals surface area contributed by atoms with Crippen molar-refractivity contribution in [1.29, 1.82) is 0 Å². The Labute approximate surface area is 94.4 Å². The summed E-state index contributed by atoms with van der Waals surface area (Å²) in [5.74, 6) is -0.0823. The molecular weight excluding hydrogens is 202 g/mol. The van der Waals surface area contributed by atoms with Crippen LogP contribution in [-0.2, 0) is 9.59 Å². The number of likely N-dealkylation sites (tertiary alicyclic amines) is 1. The Bertz CT molecular complexity index is 425. The lowest BCUT2D eigenvalue weighted by Gasteiger charge is -2.22. The fourth-order valence-electron chi connectivity index (χ4n) is 2.03. The van der Waals surface area contributed by atoms with Crippen molar-refractivity contribution in [3.8, 4) is 0 Å². The minimum absolute atomic E-state index is 0.0985. The molecule has 1 saturated heterocycles. The summed E-state index contributed by atoms with van der Waals surface area (Å²) >= 11 is 0. The van der Waals surface area contributed by atoms with E-state index in [9.17, 15) is 9.59 Å². The van der Waals surface area contributed by atoms with Gasteiger partial charge in [0.05, 0.1) is 0 Å². The molecule has 1 heterocycles. The zero-order chi connectivity index (χ0) is 11.5. The molecule has 1 fully saturated rings. The second kappa shape index (κ2) is 4.31. The van der Waals surface area contributed by atoms with Crippen LogP contribution in [0.15, 0.2) is 43.0 Å². The molecule has 0 aliphatic carbocycles. The first kappa shape index (κ1) is 10.6. The first-order chi connectivity index (χ1) is 7.74. The fourth-order valence-corrected chi connectivity index (χ4v) is 2.03. The van der Waals surface area contributed by atoms with Gasteiger partial charge in [0.15, 0.2) is 5.78 Å². The van der Waals surface area contributed by atoms with Gasteiger partial charge in [-0.3, -0.25) is 9.59 Å². The number of amides is 1. The summed E-state index contributed by atoms with van der Waals surface area (Å²) in [7, 11) is 0. The van der Waals surface area contributed by atoms with Crippen LogP contribution in [0.25, 0.3) is 0 Å². The largest absolute Gasteiger partial charge is 0.325 e. The van der Waals surface area contributed by atoms with Crippen LogP contribution in [0.4, 0.5) is 0 Å². The Morgan fingerprint density at radius 1 is 1.38 bits per heavy atom. The van der Waals surface area contributed by atoms with Gasteiger partial charge in [-0.2, -0.15) is 0 Å². The van der Waals surface area contributed by atoms with Crippen molar-refractivity contribution in [2.24, 2.45) is 0 Å². The van der Waals surface area contributed by atoms with E-state index in [1.807, 2.05) is 30.3 Å². The minimum atomic E-state index is -0.424. The van der Waals surface area contributed by atoms with Crippen molar-refractivity contribution in [1.82, 2.24) is 4.90 Å². The molecule has 0 radical (unpaired) electrons. The third-order valence-corrected chi connectivity index (χ3v) is 2.79. The number of carbonyl (C=O) groups is 2. The van der Waals surface area contributed by atoms with E-state index in [4.69, 9.17) is 0 Å². The molecule has 0 saturated carbocycles. The summed E-state index contributed by atoms with van der Waals surface area (Å²) in [6.07, 6.45) is 1.69. The van der Waals surface area contributed by atoms with Gasteiger partial charge in [-0.1, -0.05) is 36.9 Å². The number of nitrogens with zero attached hydrogens (tertiary/aromatic N) is 1. The van der Waals surface area contributed by atoms with Crippen LogP contribution in [0.1, 0.15) is 18.0 Å². The molecule has 0 spiro atoms. The Kier molecular flexibility index (Phi) is 2.86. The van der Waals surface area contributed by atoms with Crippen molar-refractivity contribution in [3.63, 3.8) is 0 Å². The van der Waals surface area contributed by atoms with Gasteiger partial charge in [-0.15, -0.1) is 0 Å². The molecule has 16 heavy (non-hydrogen) atoms. The predicted octanol–water partition coefficient (Wildman–Crippen LogP) is 1.72. The zero-order valence-corrected chi connectivity index (χ0v) is 8.93. The van der Waals surface area contributed by atoms with Crippen molar-refractivity contribution < 1.29 is 9.59 Å². The maximum atomic E-state index is 11.8. The van der Waals surface area contributed by atoms with Gasteiger partial charge >= 0.3 is 0 Å². The third kappa shape index (κ3) is 1.76. The Morgan fingerprint density at radius 3 is 2.69 bits per heavy atom. The van der Waals surface area contributed by atoms with Gasteiger partial charge in [-0.25, -0.2) is 0 Å². The molecule has 1 atom stereocenters. The SMILES string of the molecule is C=CC(=O)N1CCC(=O)C1c1ccccc1. The Balaban J connectivity index is 2.33. The second-order valence-corrected chi connectivity index (χ2v) is 3.77. The van der Waals surface area contributed by atoms with E-state index in [1.54, 1.807) is 4.90 Å². The van der Waals surface area contributed by atoms with E-state index in [0.717, 1.165) is 5.56 Å². The van der Waals surface area contributed by atoms with Crippen LogP contribution >= 0.6 is 0 Å². The summed E-state index contributed by atoms with van der Waals surface area (Å²) in [5, 5.41) is 0. The van der Waals surface area contributed by atoms with Crippen LogP contribution < -0.4 is 0 Å². The monoisotopic (exact) mass is 215 g/mol. The van der Waals surface area contributed by atoms with E-state index >= 15 is 0 Å². The number of ketones is 1. The molecular formula is C13H13NO2. The van der Waals surface area contributed by atoms with Crippen LogP contribution in [0.5, 0.6) is 0 Å². The third-order valence-electron chi connectivity index (χ3n) is 2.79. The van der Waals surface area contributed by atoms with E-state index in [2.05, 4.69) is 6.58 Å². The summed E-state index contributed by atoms with van der Waals surface area (Å²) in [6.45, 7) is 3.95. The Morgan fingerprint density at radius 2 is 2.06 bits per heavy atom. The molecule has 0 N–H and O–H groups in total. The molecule has 3 nitrogen and oxygen atoms in total. The van der Waals surface area contributed by atoms with Crippen molar-refractivity contribution >= 4 is 11.7 Å². The molecule has 0 bridgehead atoms. The number of hydrogen-bond acceptors (Lipinski definition) is 2. The second-order valence-electron chi connectivity index (χ2n) is 3.77. The average molecular weight is 215 g/mol. The number of carbonyl (C=O) groups excluding carboxylic acids is 2. The zero-order valence-electron chi connectivity index (χ0n) is 8.93. The van der Waals surface area contributed by atoms with Crippen molar-refractivity contribution in [3.05, 3.63) is 48.6 Å². The van der Waals surface area contributed by atoms with Crippen LogP contribution in [-0.4, -0.2) is 23.1 Å². The van der Waals surface area contributed by atoms with Gasteiger partial charge in [-0.05, 0) is 11.6 Å². The number of hydrogen-bond donors (Lipinski definition) is 0. The van der Waals surface area contributed by atoms with E-state index < -0.39 is 6.04 Å². The highest BCUT2D eigenvalue weighted by Gasteiger charge is 2.35. The summed E-state index contributed by atoms with van der Waals surface area (Å²) in [6, 6.07) is 8.96. The summed E-state index contributed by atoms with van der Waals surface area (Å²) in [5.41, 5.74) is 0.875. The molecule has 3 heteroatoms. The average Bonchev–Trinajstić information content (AvgIpc) is 2.71. The smallest absolute Gasteiger partial charge is 0.246 e. The van der Waals surface area contributed by atoms with Crippen molar-refractivity contribution in [2.75, 3.05) is 6.54 Å². The normalized spacial score (nSPS) is 19.9. The molecule has 2 rings (SSSR count). The fraction of sp³-hybridized carbons (Fsp3) is 0.231. The van der Waals surface area contributed by atoms with Crippen LogP contribution in [0.3, 0.4) is 0 Å². The van der Waals surface area contributed by atoms with E-state index in [0.29, 0.717) is 13.0 Å². The molecule has 0 aromatic heterocycles.